The smallest absolute Gasteiger partial charge is 0.355 e. The number of anilines is 1. The first-order valence-electron chi connectivity index (χ1n) is 13.3. The Bertz CT molecular complexity index is 1720. The van der Waals surface area contributed by atoms with Crippen molar-refractivity contribution < 1.29 is 14.3 Å². The quantitative estimate of drug-likeness (QED) is 0.342. The molecule has 0 bridgehead atoms. The molecule has 212 valence electrons. The molecule has 0 radical (unpaired) electrons. The summed E-state index contributed by atoms with van der Waals surface area (Å²) >= 11 is 6.74. The molecular formula is C30H30ClFN6O3. The molecule has 1 unspecified atom stereocenters. The summed E-state index contributed by atoms with van der Waals surface area (Å²) in [5.74, 6) is -0.510. The Morgan fingerprint density at radius 2 is 2.00 bits per heavy atom. The van der Waals surface area contributed by atoms with Crippen molar-refractivity contribution in [2.45, 2.75) is 32.7 Å². The van der Waals surface area contributed by atoms with Crippen molar-refractivity contribution in [1.82, 2.24) is 24.4 Å². The molecule has 1 atom stereocenters. The fraction of sp³-hybridized carbons (Fsp3) is 0.300. The van der Waals surface area contributed by atoms with Crippen molar-refractivity contribution in [3.63, 3.8) is 0 Å². The van der Waals surface area contributed by atoms with Crippen LogP contribution in [0.5, 0.6) is 0 Å². The number of nitrogens with zero attached hydrogens (tertiary/aromatic N) is 6. The number of hydrogen-bond donors (Lipinski definition) is 1. The maximum atomic E-state index is 14.9. The maximum Gasteiger partial charge on any atom is 0.355 e. The Morgan fingerprint density at radius 3 is 2.68 bits per heavy atom. The zero-order chi connectivity index (χ0) is 29.4. The number of halogens is 2. The number of pyridine rings is 2. The van der Waals surface area contributed by atoms with Crippen molar-refractivity contribution in [1.29, 1.82) is 0 Å². The summed E-state index contributed by atoms with van der Waals surface area (Å²) < 4.78 is 16.3. The molecule has 1 saturated heterocycles. The minimum absolute atomic E-state index is 0.0286. The van der Waals surface area contributed by atoms with Crippen LogP contribution in [0.1, 0.15) is 31.0 Å². The summed E-state index contributed by atoms with van der Waals surface area (Å²) in [4.78, 5) is 43.5. The van der Waals surface area contributed by atoms with Crippen LogP contribution in [-0.4, -0.2) is 67.7 Å². The Balaban J connectivity index is 1.82. The third-order valence-electron chi connectivity index (χ3n) is 7.31. The summed E-state index contributed by atoms with van der Waals surface area (Å²) in [6.45, 7) is 9.93. The van der Waals surface area contributed by atoms with E-state index < -0.39 is 17.5 Å². The van der Waals surface area contributed by atoms with Gasteiger partial charge in [0.2, 0.25) is 5.91 Å². The number of aromatic nitrogens is 4. The molecule has 11 heteroatoms. The summed E-state index contributed by atoms with van der Waals surface area (Å²) in [6, 6.07) is 9.04. The van der Waals surface area contributed by atoms with Crippen molar-refractivity contribution in [3.8, 4) is 16.9 Å². The highest BCUT2D eigenvalue weighted by Crippen LogP contribution is 2.36. The zero-order valence-electron chi connectivity index (χ0n) is 23.0. The molecule has 0 saturated carbocycles. The van der Waals surface area contributed by atoms with E-state index in [0.717, 1.165) is 5.56 Å². The second-order valence-corrected chi connectivity index (χ2v) is 10.7. The lowest BCUT2D eigenvalue weighted by Gasteiger charge is -2.41. The molecule has 0 aliphatic carbocycles. The molecule has 9 nitrogen and oxygen atoms in total. The van der Waals surface area contributed by atoms with Gasteiger partial charge in [0.25, 0.3) is 0 Å². The van der Waals surface area contributed by atoms with Gasteiger partial charge < -0.3 is 14.9 Å². The summed E-state index contributed by atoms with van der Waals surface area (Å²) in [7, 11) is 0. The first kappa shape index (κ1) is 28.4. The second kappa shape index (κ2) is 11.4. The van der Waals surface area contributed by atoms with E-state index >= 15 is 0 Å². The van der Waals surface area contributed by atoms with Crippen LogP contribution >= 0.6 is 11.6 Å². The minimum atomic E-state index is -0.610. The fourth-order valence-corrected chi connectivity index (χ4v) is 5.53. The number of carbonyl (C=O) groups is 1. The Labute approximate surface area is 241 Å². The van der Waals surface area contributed by atoms with Gasteiger partial charge in [0.1, 0.15) is 11.6 Å². The number of hydrogen-bond acceptors (Lipinski definition) is 7. The molecule has 1 N–H and O–H groups in total. The summed E-state index contributed by atoms with van der Waals surface area (Å²) in [5.41, 5.74) is 1.99. The van der Waals surface area contributed by atoms with Crippen LogP contribution in [0.3, 0.4) is 0 Å². The predicted octanol–water partition coefficient (Wildman–Crippen LogP) is 4.26. The van der Waals surface area contributed by atoms with Crippen LogP contribution < -0.4 is 10.6 Å². The van der Waals surface area contributed by atoms with E-state index in [9.17, 15) is 19.1 Å². The zero-order valence-corrected chi connectivity index (χ0v) is 23.8. The van der Waals surface area contributed by atoms with E-state index in [4.69, 9.17) is 16.6 Å². The van der Waals surface area contributed by atoms with Crippen molar-refractivity contribution in [2.24, 2.45) is 0 Å². The molecule has 1 aromatic carbocycles. The van der Waals surface area contributed by atoms with E-state index in [0.29, 0.717) is 29.9 Å². The highest BCUT2D eigenvalue weighted by molar-refractivity contribution is 6.33. The first-order valence-corrected chi connectivity index (χ1v) is 13.7. The lowest BCUT2D eigenvalue weighted by Crippen LogP contribution is -2.56. The predicted molar refractivity (Wildman–Crippen MR) is 157 cm³/mol. The lowest BCUT2D eigenvalue weighted by atomic mass is 10.0. The minimum Gasteiger partial charge on any atom is -0.394 e. The molecule has 1 aliphatic rings. The maximum absolute atomic E-state index is 14.9. The Kier molecular flexibility index (Phi) is 7.88. The number of benzene rings is 1. The highest BCUT2D eigenvalue weighted by atomic mass is 35.5. The molecule has 1 amide bonds. The topological polar surface area (TPSA) is 104 Å². The van der Waals surface area contributed by atoms with Gasteiger partial charge in [-0.25, -0.2) is 18.7 Å². The molecule has 1 fully saturated rings. The molecule has 1 aliphatic heterocycles. The van der Waals surface area contributed by atoms with Gasteiger partial charge in [0.05, 0.1) is 40.1 Å². The fourth-order valence-electron chi connectivity index (χ4n) is 5.27. The molecular weight excluding hydrogens is 547 g/mol. The second-order valence-electron chi connectivity index (χ2n) is 10.3. The standard InChI is InChI=1S/C30H30ClFN6O3/c1-5-24(40)36-12-13-37(19(15-36)16-39)28-21-14-22(31)26(20-8-6-7-9-23(20)32)34-29(21)38(30(41)35-28)27-18(4)10-11-33-25(27)17(2)3/h5-11,14,17,19,39H,1,12-13,15-16H2,2-4H3. The van der Waals surface area contributed by atoms with Crippen LogP contribution in [0.2, 0.25) is 5.02 Å². The normalized spacial score (nSPS) is 15.5. The van der Waals surface area contributed by atoms with Crippen LogP contribution in [0, 0.1) is 12.7 Å². The van der Waals surface area contributed by atoms with E-state index in [2.05, 4.69) is 16.5 Å². The van der Waals surface area contributed by atoms with E-state index in [1.165, 1.54) is 16.7 Å². The van der Waals surface area contributed by atoms with Crippen molar-refractivity contribution >= 4 is 34.4 Å². The molecule has 4 heterocycles. The van der Waals surface area contributed by atoms with Crippen molar-refractivity contribution in [3.05, 3.63) is 87.8 Å². The third-order valence-corrected chi connectivity index (χ3v) is 7.60. The van der Waals surface area contributed by atoms with Gasteiger partial charge in [0, 0.05) is 31.4 Å². The van der Waals surface area contributed by atoms with Crippen LogP contribution in [0.4, 0.5) is 10.2 Å². The molecule has 41 heavy (non-hydrogen) atoms. The molecule has 0 spiro atoms. The van der Waals surface area contributed by atoms with Gasteiger partial charge in [-0.2, -0.15) is 4.98 Å². The first-order chi connectivity index (χ1) is 19.7. The average molecular weight is 577 g/mol. The number of amides is 1. The van der Waals surface area contributed by atoms with Gasteiger partial charge in [-0.3, -0.25) is 9.78 Å². The monoisotopic (exact) mass is 576 g/mol. The van der Waals surface area contributed by atoms with Gasteiger partial charge >= 0.3 is 5.69 Å². The number of fused-ring (bicyclic) bond motifs is 1. The molecule has 5 rings (SSSR count). The third kappa shape index (κ3) is 5.09. The summed E-state index contributed by atoms with van der Waals surface area (Å²) in [6.07, 6.45) is 2.92. The number of rotatable bonds is 6. The average Bonchev–Trinajstić information content (AvgIpc) is 2.96. The summed E-state index contributed by atoms with van der Waals surface area (Å²) in [5, 5.41) is 10.9. The number of aliphatic hydroxyl groups is 1. The van der Waals surface area contributed by atoms with Crippen LogP contribution in [0.25, 0.3) is 28.0 Å². The van der Waals surface area contributed by atoms with Gasteiger partial charge in [-0.15, -0.1) is 0 Å². The van der Waals surface area contributed by atoms with E-state index in [1.807, 2.05) is 20.8 Å². The highest BCUT2D eigenvalue weighted by Gasteiger charge is 2.32. The number of carbonyl (C=O) groups excluding carboxylic acids is 1. The van der Waals surface area contributed by atoms with Crippen molar-refractivity contribution in [2.75, 3.05) is 31.1 Å². The van der Waals surface area contributed by atoms with E-state index in [1.54, 1.807) is 46.3 Å². The largest absolute Gasteiger partial charge is 0.394 e. The number of aliphatic hydroxyl groups excluding tert-OH is 1. The van der Waals surface area contributed by atoms with Gasteiger partial charge in [0.15, 0.2) is 5.65 Å². The number of piperazine rings is 1. The van der Waals surface area contributed by atoms with Gasteiger partial charge in [-0.05, 0) is 48.7 Å². The molecule has 4 aromatic rings. The lowest BCUT2D eigenvalue weighted by molar-refractivity contribution is -0.126. The van der Waals surface area contributed by atoms with Gasteiger partial charge in [-0.1, -0.05) is 44.2 Å². The molecule has 3 aromatic heterocycles. The van der Waals surface area contributed by atoms with Crippen LogP contribution in [-0.2, 0) is 4.79 Å². The van der Waals surface area contributed by atoms with E-state index in [-0.39, 0.29) is 52.7 Å². The Hall–Kier alpha value is -4.15. The Morgan fingerprint density at radius 1 is 1.24 bits per heavy atom. The van der Waals surface area contributed by atoms with Crippen LogP contribution in [0.15, 0.2) is 60.0 Å². The SMILES string of the molecule is C=CC(=O)N1CCN(c2nc(=O)n(-c3c(C)ccnc3C(C)C)c3nc(-c4ccccc4F)c(Cl)cc23)C(CO)C1. The number of aryl methyl sites for hydroxylation is 1.